The summed E-state index contributed by atoms with van der Waals surface area (Å²) in [6, 6.07) is 7.39. The molecule has 0 saturated heterocycles. The van der Waals surface area contributed by atoms with Crippen LogP contribution in [-0.4, -0.2) is 18.5 Å². The van der Waals surface area contributed by atoms with Gasteiger partial charge in [0.15, 0.2) is 0 Å². The van der Waals surface area contributed by atoms with Gasteiger partial charge in [-0.25, -0.2) is 0 Å². The van der Waals surface area contributed by atoms with Crippen LogP contribution in [0.25, 0.3) is 0 Å². The number of rotatable bonds is 5. The molecule has 1 aromatic carbocycles. The zero-order valence-corrected chi connectivity index (χ0v) is 10.7. The van der Waals surface area contributed by atoms with Gasteiger partial charge < -0.3 is 5.32 Å². The van der Waals surface area contributed by atoms with Crippen molar-refractivity contribution in [3.63, 3.8) is 0 Å². The van der Waals surface area contributed by atoms with E-state index in [4.69, 9.17) is 0 Å². The van der Waals surface area contributed by atoms with Gasteiger partial charge in [-0.2, -0.15) is 13.2 Å². The van der Waals surface area contributed by atoms with Gasteiger partial charge in [-0.15, -0.1) is 11.8 Å². The molecule has 0 aliphatic carbocycles. The van der Waals surface area contributed by atoms with E-state index in [-0.39, 0.29) is 6.04 Å². The van der Waals surface area contributed by atoms with E-state index in [1.54, 1.807) is 12.1 Å². The minimum absolute atomic E-state index is 0.159. The van der Waals surface area contributed by atoms with Gasteiger partial charge in [0.1, 0.15) is 0 Å². The summed E-state index contributed by atoms with van der Waals surface area (Å²) >= 11 is 0.824. The number of halogens is 3. The van der Waals surface area contributed by atoms with Crippen LogP contribution >= 0.6 is 11.8 Å². The van der Waals surface area contributed by atoms with Crippen molar-refractivity contribution in [2.45, 2.75) is 31.0 Å². The zero-order chi connectivity index (χ0) is 12.9. The van der Waals surface area contributed by atoms with Crippen molar-refractivity contribution in [3.8, 4) is 0 Å². The smallest absolute Gasteiger partial charge is 0.310 e. The van der Waals surface area contributed by atoms with E-state index in [0.717, 1.165) is 23.9 Å². The molecule has 1 rings (SSSR count). The van der Waals surface area contributed by atoms with Crippen molar-refractivity contribution in [3.05, 3.63) is 29.8 Å². The van der Waals surface area contributed by atoms with Crippen molar-refractivity contribution in [2.75, 3.05) is 12.3 Å². The van der Waals surface area contributed by atoms with Gasteiger partial charge >= 0.3 is 6.18 Å². The van der Waals surface area contributed by atoms with Crippen LogP contribution in [0.1, 0.15) is 25.5 Å². The van der Waals surface area contributed by atoms with E-state index in [1.165, 1.54) is 0 Å². The molecule has 1 unspecified atom stereocenters. The molecule has 1 nitrogen and oxygen atoms in total. The fourth-order valence-corrected chi connectivity index (χ4v) is 2.19. The topological polar surface area (TPSA) is 12.0 Å². The summed E-state index contributed by atoms with van der Waals surface area (Å²) in [5.74, 6) is -0.841. The van der Waals surface area contributed by atoms with Gasteiger partial charge in [0.2, 0.25) is 0 Å². The summed E-state index contributed by atoms with van der Waals surface area (Å²) < 4.78 is 36.3. The van der Waals surface area contributed by atoms with Crippen LogP contribution in [-0.2, 0) is 0 Å². The van der Waals surface area contributed by atoms with Gasteiger partial charge in [0.05, 0.1) is 5.75 Å². The van der Waals surface area contributed by atoms with Crippen molar-refractivity contribution < 1.29 is 13.2 Å². The molecule has 0 amide bonds. The highest BCUT2D eigenvalue weighted by molar-refractivity contribution is 7.99. The SMILES string of the molecule is CCNC(C)c1cccc(SCC(F)(F)F)c1. The molecule has 0 bridgehead atoms. The maximum absolute atomic E-state index is 12.1. The molecule has 1 N–H and O–H groups in total. The molecule has 0 spiro atoms. The first-order chi connectivity index (χ1) is 7.92. The summed E-state index contributed by atoms with van der Waals surface area (Å²) in [4.78, 5) is 0.657. The maximum atomic E-state index is 12.1. The summed E-state index contributed by atoms with van der Waals surface area (Å²) in [6.45, 7) is 4.83. The second-order valence-electron chi connectivity index (χ2n) is 3.76. The average Bonchev–Trinajstić information content (AvgIpc) is 2.26. The van der Waals surface area contributed by atoms with E-state index in [9.17, 15) is 13.2 Å². The first kappa shape index (κ1) is 14.4. The quantitative estimate of drug-likeness (QED) is 0.805. The molecule has 17 heavy (non-hydrogen) atoms. The molecular formula is C12H16F3NS. The number of thioether (sulfide) groups is 1. The molecule has 1 atom stereocenters. The van der Waals surface area contributed by atoms with Crippen LogP contribution in [0.15, 0.2) is 29.2 Å². The highest BCUT2D eigenvalue weighted by atomic mass is 32.2. The Labute approximate surface area is 104 Å². The molecule has 0 saturated carbocycles. The van der Waals surface area contributed by atoms with Crippen LogP contribution in [0.3, 0.4) is 0 Å². The van der Waals surface area contributed by atoms with Gasteiger partial charge in [0, 0.05) is 10.9 Å². The Kier molecular flexibility index (Phi) is 5.33. The number of benzene rings is 1. The zero-order valence-electron chi connectivity index (χ0n) is 9.84. The van der Waals surface area contributed by atoms with Crippen LogP contribution in [0.2, 0.25) is 0 Å². The molecule has 0 aliphatic rings. The van der Waals surface area contributed by atoms with E-state index < -0.39 is 11.9 Å². The van der Waals surface area contributed by atoms with Gasteiger partial charge in [-0.1, -0.05) is 19.1 Å². The summed E-state index contributed by atoms with van der Waals surface area (Å²) in [6.07, 6.45) is -4.12. The number of hydrogen-bond acceptors (Lipinski definition) is 2. The number of hydrogen-bond donors (Lipinski definition) is 1. The molecule has 0 radical (unpaired) electrons. The molecule has 0 heterocycles. The standard InChI is InChI=1S/C12H16F3NS/c1-3-16-9(2)10-5-4-6-11(7-10)17-8-12(13,14)15/h4-7,9,16H,3,8H2,1-2H3. The summed E-state index contributed by atoms with van der Waals surface area (Å²) in [5, 5.41) is 3.23. The normalized spacial score (nSPS) is 13.7. The molecular weight excluding hydrogens is 247 g/mol. The predicted molar refractivity (Wildman–Crippen MR) is 65.3 cm³/mol. The number of nitrogens with one attached hydrogen (secondary N) is 1. The van der Waals surface area contributed by atoms with Crippen LogP contribution in [0.4, 0.5) is 13.2 Å². The average molecular weight is 263 g/mol. The van der Waals surface area contributed by atoms with Gasteiger partial charge in [-0.3, -0.25) is 0 Å². The highest BCUT2D eigenvalue weighted by Gasteiger charge is 2.27. The largest absolute Gasteiger partial charge is 0.398 e. The second-order valence-corrected chi connectivity index (χ2v) is 4.80. The summed E-state index contributed by atoms with van der Waals surface area (Å²) in [7, 11) is 0. The Hall–Kier alpha value is -0.680. The van der Waals surface area contributed by atoms with E-state index in [0.29, 0.717) is 4.90 Å². The van der Waals surface area contributed by atoms with Gasteiger partial charge in [-0.05, 0) is 31.2 Å². The minimum atomic E-state index is -4.12. The lowest BCUT2D eigenvalue weighted by molar-refractivity contribution is -0.105. The lowest BCUT2D eigenvalue weighted by Gasteiger charge is -2.14. The second kappa shape index (κ2) is 6.31. The lowest BCUT2D eigenvalue weighted by atomic mass is 10.1. The van der Waals surface area contributed by atoms with E-state index >= 15 is 0 Å². The maximum Gasteiger partial charge on any atom is 0.398 e. The Morgan fingerprint density at radius 2 is 2.06 bits per heavy atom. The Bertz CT molecular complexity index is 352. The number of alkyl halides is 3. The Morgan fingerprint density at radius 1 is 1.35 bits per heavy atom. The molecule has 0 aliphatic heterocycles. The van der Waals surface area contributed by atoms with E-state index in [2.05, 4.69) is 5.32 Å². The van der Waals surface area contributed by atoms with Crippen molar-refractivity contribution >= 4 is 11.8 Å². The van der Waals surface area contributed by atoms with Gasteiger partial charge in [0.25, 0.3) is 0 Å². The fraction of sp³-hybridized carbons (Fsp3) is 0.500. The highest BCUT2D eigenvalue weighted by Crippen LogP contribution is 2.28. The Morgan fingerprint density at radius 3 is 2.65 bits per heavy atom. The third-order valence-electron chi connectivity index (χ3n) is 2.27. The van der Waals surface area contributed by atoms with Crippen LogP contribution < -0.4 is 5.32 Å². The van der Waals surface area contributed by atoms with Crippen LogP contribution in [0, 0.1) is 0 Å². The van der Waals surface area contributed by atoms with Crippen molar-refractivity contribution in [1.29, 1.82) is 0 Å². The van der Waals surface area contributed by atoms with Crippen molar-refractivity contribution in [1.82, 2.24) is 5.32 Å². The minimum Gasteiger partial charge on any atom is -0.310 e. The summed E-state index contributed by atoms with van der Waals surface area (Å²) in [5.41, 5.74) is 1.01. The predicted octanol–water partition coefficient (Wildman–Crippen LogP) is 4.01. The fourth-order valence-electron chi connectivity index (χ4n) is 1.46. The first-order valence-electron chi connectivity index (χ1n) is 5.45. The third kappa shape index (κ3) is 5.46. The molecule has 1 aromatic rings. The molecule has 0 fully saturated rings. The molecule has 96 valence electrons. The Balaban J connectivity index is 2.66. The van der Waals surface area contributed by atoms with Crippen LogP contribution in [0.5, 0.6) is 0 Å². The van der Waals surface area contributed by atoms with Crippen molar-refractivity contribution in [2.24, 2.45) is 0 Å². The molecule has 5 heteroatoms. The molecule has 0 aromatic heterocycles. The third-order valence-corrected chi connectivity index (χ3v) is 3.33. The van der Waals surface area contributed by atoms with E-state index in [1.807, 2.05) is 26.0 Å². The monoisotopic (exact) mass is 263 g/mol. The lowest BCUT2D eigenvalue weighted by Crippen LogP contribution is -2.17. The first-order valence-corrected chi connectivity index (χ1v) is 6.44.